The number of anilines is 1. The molecule has 0 spiro atoms. The predicted octanol–water partition coefficient (Wildman–Crippen LogP) is 1.91. The molecule has 9 nitrogen and oxygen atoms in total. The molecule has 0 unspecified atom stereocenters. The molecule has 0 aromatic carbocycles. The fraction of sp³-hybridized carbons (Fsp3) is 0.762. The summed E-state index contributed by atoms with van der Waals surface area (Å²) in [6, 6.07) is 1.39. The number of ether oxygens (including phenoxy) is 2. The van der Waals surface area contributed by atoms with Crippen LogP contribution in [0.4, 0.5) is 5.82 Å². The molecule has 4 N–H and O–H groups in total. The van der Waals surface area contributed by atoms with Gasteiger partial charge in [0.15, 0.2) is 6.23 Å². The number of carbonyl (C=O) groups excluding carboxylic acids is 1. The Kier molecular flexibility index (Phi) is 10.3. The number of esters is 1. The number of aliphatic hydroxyl groups excluding tert-OH is 2. The number of rotatable bonds is 13. The highest BCUT2D eigenvalue weighted by atomic mass is 16.6. The molecule has 1 fully saturated rings. The Morgan fingerprint density at radius 3 is 2.40 bits per heavy atom. The maximum Gasteiger partial charge on any atom is 0.351 e. The average molecular weight is 426 g/mol. The van der Waals surface area contributed by atoms with Crippen LogP contribution in [0.15, 0.2) is 17.1 Å². The summed E-state index contributed by atoms with van der Waals surface area (Å²) >= 11 is 0. The zero-order valence-electron chi connectivity index (χ0n) is 17.7. The van der Waals surface area contributed by atoms with Gasteiger partial charge in [-0.25, -0.2) is 4.79 Å². The molecule has 1 saturated heterocycles. The summed E-state index contributed by atoms with van der Waals surface area (Å²) < 4.78 is 11.8. The SMILES string of the molecule is CCCCCCCCCCCC(=O)OC[C@H]1O[C@@H](n2ccc(N)nc2=O)[C@H](O)[C@@H]1O. The minimum atomic E-state index is -1.35. The molecule has 9 heteroatoms. The Morgan fingerprint density at radius 2 is 1.77 bits per heavy atom. The zero-order valence-corrected chi connectivity index (χ0v) is 17.7. The van der Waals surface area contributed by atoms with Crippen LogP contribution in [0.25, 0.3) is 0 Å². The molecule has 1 aromatic heterocycles. The van der Waals surface area contributed by atoms with Gasteiger partial charge in [-0.05, 0) is 12.5 Å². The lowest BCUT2D eigenvalue weighted by Gasteiger charge is -2.16. The van der Waals surface area contributed by atoms with Gasteiger partial charge in [0.05, 0.1) is 0 Å². The summed E-state index contributed by atoms with van der Waals surface area (Å²) in [4.78, 5) is 27.4. The first-order valence-corrected chi connectivity index (χ1v) is 11.0. The first-order valence-electron chi connectivity index (χ1n) is 11.0. The third kappa shape index (κ3) is 7.37. The first-order chi connectivity index (χ1) is 14.4. The lowest BCUT2D eigenvalue weighted by atomic mass is 10.1. The number of nitrogens with zero attached hydrogens (tertiary/aromatic N) is 2. The van der Waals surface area contributed by atoms with E-state index in [0.717, 1.165) is 23.8 Å². The Hall–Kier alpha value is -1.97. The van der Waals surface area contributed by atoms with Gasteiger partial charge in [-0.15, -0.1) is 0 Å². The van der Waals surface area contributed by atoms with Crippen molar-refractivity contribution in [2.45, 2.75) is 95.7 Å². The topological polar surface area (TPSA) is 137 Å². The predicted molar refractivity (Wildman–Crippen MR) is 112 cm³/mol. The Balaban J connectivity index is 1.65. The van der Waals surface area contributed by atoms with Crippen molar-refractivity contribution >= 4 is 11.8 Å². The van der Waals surface area contributed by atoms with Gasteiger partial charge < -0.3 is 25.4 Å². The van der Waals surface area contributed by atoms with E-state index in [2.05, 4.69) is 11.9 Å². The lowest BCUT2D eigenvalue weighted by molar-refractivity contribution is -0.150. The van der Waals surface area contributed by atoms with Crippen LogP contribution in [-0.4, -0.2) is 50.7 Å². The van der Waals surface area contributed by atoms with Gasteiger partial charge in [0.25, 0.3) is 0 Å². The molecule has 0 aliphatic carbocycles. The smallest absolute Gasteiger partial charge is 0.351 e. The number of aliphatic hydroxyl groups is 2. The Morgan fingerprint density at radius 1 is 1.13 bits per heavy atom. The molecule has 0 radical (unpaired) electrons. The van der Waals surface area contributed by atoms with Crippen LogP contribution in [0.1, 0.15) is 77.4 Å². The van der Waals surface area contributed by atoms with Gasteiger partial charge >= 0.3 is 11.7 Å². The molecule has 0 amide bonds. The normalized spacial score (nSPS) is 23.6. The maximum absolute atomic E-state index is 11.9. The number of nitrogen functional groups attached to an aromatic ring is 1. The van der Waals surface area contributed by atoms with E-state index in [1.54, 1.807) is 0 Å². The molecule has 1 aromatic rings. The second-order valence-corrected chi connectivity index (χ2v) is 7.85. The molecular formula is C21H35N3O6. The monoisotopic (exact) mass is 425 g/mol. The van der Waals surface area contributed by atoms with Gasteiger partial charge in [0, 0.05) is 12.6 Å². The van der Waals surface area contributed by atoms with Crippen molar-refractivity contribution in [3.63, 3.8) is 0 Å². The largest absolute Gasteiger partial charge is 0.463 e. The molecule has 1 aliphatic rings. The summed E-state index contributed by atoms with van der Waals surface area (Å²) in [5.41, 5.74) is 4.75. The summed E-state index contributed by atoms with van der Waals surface area (Å²) in [5, 5.41) is 20.4. The van der Waals surface area contributed by atoms with E-state index in [4.69, 9.17) is 15.2 Å². The zero-order chi connectivity index (χ0) is 21.9. The highest BCUT2D eigenvalue weighted by Gasteiger charge is 2.44. The van der Waals surface area contributed by atoms with E-state index < -0.39 is 30.2 Å². The van der Waals surface area contributed by atoms with Crippen molar-refractivity contribution in [3.05, 3.63) is 22.7 Å². The van der Waals surface area contributed by atoms with Gasteiger partial charge in [0.1, 0.15) is 30.7 Å². The van der Waals surface area contributed by atoms with E-state index in [1.165, 1.54) is 50.8 Å². The first kappa shape index (κ1) is 24.3. The van der Waals surface area contributed by atoms with Crippen LogP contribution >= 0.6 is 0 Å². The van der Waals surface area contributed by atoms with Crippen molar-refractivity contribution < 1.29 is 24.5 Å². The van der Waals surface area contributed by atoms with Gasteiger partial charge in [-0.2, -0.15) is 4.98 Å². The third-order valence-electron chi connectivity index (χ3n) is 5.36. The summed E-state index contributed by atoms with van der Waals surface area (Å²) in [5.74, 6) is -0.315. The molecule has 0 bridgehead atoms. The number of nitrogens with two attached hydrogens (primary N) is 1. The van der Waals surface area contributed by atoms with Crippen LogP contribution in [0.2, 0.25) is 0 Å². The fourth-order valence-electron chi connectivity index (χ4n) is 3.54. The van der Waals surface area contributed by atoms with Crippen molar-refractivity contribution in [1.82, 2.24) is 9.55 Å². The second kappa shape index (κ2) is 12.7. The van der Waals surface area contributed by atoms with Crippen molar-refractivity contribution in [3.8, 4) is 0 Å². The molecule has 4 atom stereocenters. The molecule has 30 heavy (non-hydrogen) atoms. The minimum Gasteiger partial charge on any atom is -0.463 e. The van der Waals surface area contributed by atoms with Crippen molar-refractivity contribution in [1.29, 1.82) is 0 Å². The number of carbonyl (C=O) groups is 1. The standard InChI is InChI=1S/C21H35N3O6/c1-2-3-4-5-6-7-8-9-10-11-17(25)29-14-15-18(26)19(27)20(30-15)24-13-12-16(22)23-21(24)28/h12-13,15,18-20,26-27H,2-11,14H2,1H3,(H2,22,23,28)/t15-,18-,19-,20-/m1/s1. The quantitative estimate of drug-likeness (QED) is 0.322. The van der Waals surface area contributed by atoms with Gasteiger partial charge in [-0.3, -0.25) is 9.36 Å². The molecule has 0 saturated carbocycles. The van der Waals surface area contributed by atoms with Crippen LogP contribution in [0.5, 0.6) is 0 Å². The number of hydrogen-bond donors (Lipinski definition) is 3. The average Bonchev–Trinajstić information content (AvgIpc) is 2.99. The summed E-state index contributed by atoms with van der Waals surface area (Å²) in [7, 11) is 0. The van der Waals surface area contributed by atoms with E-state index in [0.29, 0.717) is 6.42 Å². The molecule has 2 rings (SSSR count). The summed E-state index contributed by atoms with van der Waals surface area (Å²) in [6.45, 7) is 2.01. The van der Waals surface area contributed by atoms with Crippen LogP contribution in [0, 0.1) is 0 Å². The molecule has 2 heterocycles. The summed E-state index contributed by atoms with van der Waals surface area (Å²) in [6.07, 6.45) is 7.39. The highest BCUT2D eigenvalue weighted by Crippen LogP contribution is 2.28. The van der Waals surface area contributed by atoms with E-state index >= 15 is 0 Å². The lowest BCUT2D eigenvalue weighted by Crippen LogP contribution is -2.36. The second-order valence-electron chi connectivity index (χ2n) is 7.85. The molecule has 1 aliphatic heterocycles. The van der Waals surface area contributed by atoms with E-state index in [1.807, 2.05) is 0 Å². The Labute approximate surface area is 177 Å². The van der Waals surface area contributed by atoms with Crippen molar-refractivity contribution in [2.75, 3.05) is 12.3 Å². The number of unbranched alkanes of at least 4 members (excludes halogenated alkanes) is 8. The van der Waals surface area contributed by atoms with Gasteiger partial charge in [0.2, 0.25) is 0 Å². The number of hydrogen-bond acceptors (Lipinski definition) is 8. The van der Waals surface area contributed by atoms with E-state index in [-0.39, 0.29) is 18.4 Å². The van der Waals surface area contributed by atoms with Crippen LogP contribution in [0.3, 0.4) is 0 Å². The molecule has 170 valence electrons. The van der Waals surface area contributed by atoms with E-state index in [9.17, 15) is 19.8 Å². The van der Waals surface area contributed by atoms with Crippen LogP contribution < -0.4 is 11.4 Å². The van der Waals surface area contributed by atoms with Crippen molar-refractivity contribution in [2.24, 2.45) is 0 Å². The Bertz CT molecular complexity index is 710. The highest BCUT2D eigenvalue weighted by molar-refractivity contribution is 5.69. The maximum atomic E-state index is 11.9. The third-order valence-corrected chi connectivity index (χ3v) is 5.36. The fourth-order valence-corrected chi connectivity index (χ4v) is 3.54. The minimum absolute atomic E-state index is 0.0475. The molecular weight excluding hydrogens is 390 g/mol. The van der Waals surface area contributed by atoms with Crippen LogP contribution in [-0.2, 0) is 14.3 Å². The van der Waals surface area contributed by atoms with Gasteiger partial charge in [-0.1, -0.05) is 58.3 Å². The number of aromatic nitrogens is 2.